The Bertz CT molecular complexity index is 820. The van der Waals surface area contributed by atoms with Crippen molar-refractivity contribution in [1.29, 1.82) is 0 Å². The zero-order valence-electron chi connectivity index (χ0n) is 14.5. The minimum Gasteiger partial charge on any atom is -0.355 e. The van der Waals surface area contributed by atoms with Gasteiger partial charge in [-0.05, 0) is 30.9 Å². The standard InChI is InChI=1S/C18H18F3N3O3/c1-9-15(25)23-14(24-16(9)26)5-6-22-17(27)13-8-12(13)10-3-2-4-11(7-10)18(19,20)21/h2-4,7,9,12-13H,5-6,8H2,1H3,(H,22,27)(H,23,24,25,26)/t12-,13+/m1/s1. The predicted molar refractivity (Wildman–Crippen MR) is 89.7 cm³/mol. The summed E-state index contributed by atoms with van der Waals surface area (Å²) >= 11 is 0. The molecule has 0 aromatic heterocycles. The highest BCUT2D eigenvalue weighted by atomic mass is 19.4. The Kier molecular flexibility index (Phi) is 5.03. The maximum absolute atomic E-state index is 12.8. The van der Waals surface area contributed by atoms with Crippen LogP contribution in [0.1, 0.15) is 36.8 Å². The summed E-state index contributed by atoms with van der Waals surface area (Å²) in [5, 5.41) is 5.18. The molecular weight excluding hydrogens is 363 g/mol. The third-order valence-electron chi connectivity index (χ3n) is 4.71. The molecule has 0 radical (unpaired) electrons. The smallest absolute Gasteiger partial charge is 0.355 e. The molecule has 0 saturated heterocycles. The van der Waals surface area contributed by atoms with Gasteiger partial charge in [0.25, 0.3) is 5.91 Å². The van der Waals surface area contributed by atoms with E-state index in [0.717, 1.165) is 12.1 Å². The van der Waals surface area contributed by atoms with Gasteiger partial charge in [0, 0.05) is 18.9 Å². The van der Waals surface area contributed by atoms with Crippen LogP contribution in [-0.2, 0) is 20.6 Å². The predicted octanol–water partition coefficient (Wildman–Crippen LogP) is 2.01. The molecule has 6 nitrogen and oxygen atoms in total. The number of alkyl halides is 3. The molecule has 1 fully saturated rings. The van der Waals surface area contributed by atoms with Gasteiger partial charge in [0.05, 0.1) is 5.56 Å². The lowest BCUT2D eigenvalue weighted by Crippen LogP contribution is -2.44. The van der Waals surface area contributed by atoms with Crippen molar-refractivity contribution in [2.24, 2.45) is 16.8 Å². The number of amidine groups is 1. The molecule has 9 heteroatoms. The normalized spacial score (nSPS) is 24.9. The quantitative estimate of drug-likeness (QED) is 0.765. The van der Waals surface area contributed by atoms with Gasteiger partial charge in [-0.2, -0.15) is 18.2 Å². The van der Waals surface area contributed by atoms with Crippen LogP contribution in [0.4, 0.5) is 13.2 Å². The van der Waals surface area contributed by atoms with Crippen molar-refractivity contribution in [2.75, 3.05) is 6.54 Å². The fourth-order valence-electron chi connectivity index (χ4n) is 2.97. The second kappa shape index (κ2) is 7.13. The van der Waals surface area contributed by atoms with Crippen LogP contribution < -0.4 is 10.6 Å². The number of hydrogen-bond acceptors (Lipinski definition) is 3. The Morgan fingerprint density at radius 2 is 2.07 bits per heavy atom. The first-order valence-corrected chi connectivity index (χ1v) is 8.54. The summed E-state index contributed by atoms with van der Waals surface area (Å²) in [5.74, 6) is -2.44. The number of benzene rings is 1. The summed E-state index contributed by atoms with van der Waals surface area (Å²) in [4.78, 5) is 39.0. The van der Waals surface area contributed by atoms with Crippen LogP contribution in [0.25, 0.3) is 0 Å². The van der Waals surface area contributed by atoms with Crippen molar-refractivity contribution in [3.05, 3.63) is 35.4 Å². The molecule has 1 aromatic carbocycles. The highest BCUT2D eigenvalue weighted by Gasteiger charge is 2.44. The van der Waals surface area contributed by atoms with Crippen LogP contribution in [0, 0.1) is 11.8 Å². The van der Waals surface area contributed by atoms with Crippen molar-refractivity contribution in [3.63, 3.8) is 0 Å². The summed E-state index contributed by atoms with van der Waals surface area (Å²) in [6.07, 6.45) is -3.74. The molecule has 0 spiro atoms. The van der Waals surface area contributed by atoms with E-state index in [0.29, 0.717) is 12.0 Å². The molecular formula is C18H18F3N3O3. The van der Waals surface area contributed by atoms with Gasteiger partial charge in [-0.3, -0.25) is 14.4 Å². The van der Waals surface area contributed by atoms with E-state index in [-0.39, 0.29) is 36.5 Å². The highest BCUT2D eigenvalue weighted by molar-refractivity contribution is 6.15. The van der Waals surface area contributed by atoms with E-state index >= 15 is 0 Å². The molecule has 1 heterocycles. The van der Waals surface area contributed by atoms with Gasteiger partial charge < -0.3 is 10.6 Å². The number of halogens is 3. The second-order valence-electron chi connectivity index (χ2n) is 6.72. The largest absolute Gasteiger partial charge is 0.416 e. The van der Waals surface area contributed by atoms with Crippen LogP contribution in [0.2, 0.25) is 0 Å². The molecule has 3 amide bonds. The Morgan fingerprint density at radius 3 is 2.74 bits per heavy atom. The molecule has 2 aliphatic rings. The number of aliphatic imine (C=N–C) groups is 1. The van der Waals surface area contributed by atoms with E-state index in [4.69, 9.17) is 0 Å². The van der Waals surface area contributed by atoms with E-state index in [2.05, 4.69) is 15.6 Å². The monoisotopic (exact) mass is 381 g/mol. The fourth-order valence-corrected chi connectivity index (χ4v) is 2.97. The molecule has 1 aliphatic carbocycles. The highest BCUT2D eigenvalue weighted by Crippen LogP contribution is 2.48. The molecule has 0 bridgehead atoms. The summed E-state index contributed by atoms with van der Waals surface area (Å²) in [6.45, 7) is 1.63. The summed E-state index contributed by atoms with van der Waals surface area (Å²) in [7, 11) is 0. The maximum atomic E-state index is 12.8. The molecule has 27 heavy (non-hydrogen) atoms. The van der Waals surface area contributed by atoms with E-state index in [1.165, 1.54) is 13.0 Å². The number of rotatable bonds is 5. The first kappa shape index (κ1) is 19.1. The Balaban J connectivity index is 1.50. The van der Waals surface area contributed by atoms with Gasteiger partial charge in [-0.25, -0.2) is 0 Å². The number of amides is 3. The van der Waals surface area contributed by atoms with Crippen molar-refractivity contribution in [3.8, 4) is 0 Å². The van der Waals surface area contributed by atoms with Crippen LogP contribution in [0.15, 0.2) is 29.3 Å². The number of carbonyl (C=O) groups excluding carboxylic acids is 3. The average molecular weight is 381 g/mol. The molecule has 1 aliphatic heterocycles. The lowest BCUT2D eigenvalue weighted by atomic mass is 10.1. The summed E-state index contributed by atoms with van der Waals surface area (Å²) in [6, 6.07) is 5.01. The molecule has 3 rings (SSSR count). The van der Waals surface area contributed by atoms with Gasteiger partial charge in [-0.15, -0.1) is 0 Å². The van der Waals surface area contributed by atoms with Crippen molar-refractivity contribution < 1.29 is 27.6 Å². The molecule has 1 saturated carbocycles. The number of hydrogen-bond donors (Lipinski definition) is 2. The third-order valence-corrected chi connectivity index (χ3v) is 4.71. The van der Waals surface area contributed by atoms with Crippen LogP contribution in [0.5, 0.6) is 0 Å². The van der Waals surface area contributed by atoms with Crippen LogP contribution >= 0.6 is 0 Å². The minimum atomic E-state index is -4.41. The Labute approximate surface area is 153 Å². The number of nitrogens with one attached hydrogen (secondary N) is 2. The molecule has 1 aromatic rings. The fraction of sp³-hybridized carbons (Fsp3) is 0.444. The number of nitrogens with zero attached hydrogens (tertiary/aromatic N) is 1. The topological polar surface area (TPSA) is 87.6 Å². The van der Waals surface area contributed by atoms with Gasteiger partial charge in [-0.1, -0.05) is 18.2 Å². The first-order valence-electron chi connectivity index (χ1n) is 8.54. The lowest BCUT2D eigenvalue weighted by Gasteiger charge is -2.17. The van der Waals surface area contributed by atoms with Gasteiger partial charge in [0.2, 0.25) is 11.8 Å². The van der Waals surface area contributed by atoms with Crippen molar-refractivity contribution in [1.82, 2.24) is 10.6 Å². The summed E-state index contributed by atoms with van der Waals surface area (Å²) in [5.41, 5.74) is -0.232. The zero-order chi connectivity index (χ0) is 19.8. The van der Waals surface area contributed by atoms with Crippen molar-refractivity contribution in [2.45, 2.75) is 31.9 Å². The Morgan fingerprint density at radius 1 is 1.33 bits per heavy atom. The molecule has 144 valence electrons. The first-order chi connectivity index (χ1) is 12.7. The summed E-state index contributed by atoms with van der Waals surface area (Å²) < 4.78 is 38.4. The number of carbonyl (C=O) groups is 3. The minimum absolute atomic E-state index is 0.172. The molecule has 3 atom stereocenters. The third kappa shape index (κ3) is 4.35. The van der Waals surface area contributed by atoms with Gasteiger partial charge >= 0.3 is 6.18 Å². The maximum Gasteiger partial charge on any atom is 0.416 e. The van der Waals surface area contributed by atoms with Gasteiger partial charge in [0.15, 0.2) is 0 Å². The van der Waals surface area contributed by atoms with E-state index in [9.17, 15) is 27.6 Å². The molecule has 2 N–H and O–H groups in total. The van der Waals surface area contributed by atoms with Crippen LogP contribution in [0.3, 0.4) is 0 Å². The van der Waals surface area contributed by atoms with Crippen molar-refractivity contribution >= 4 is 23.6 Å². The van der Waals surface area contributed by atoms with E-state index in [1.54, 1.807) is 6.07 Å². The SMILES string of the molecule is C[C@H]1C(=O)N=C(CCNC(=O)[C@H]2C[C@@H]2c2cccc(C(F)(F)F)c2)NC1=O. The average Bonchev–Trinajstić information content (AvgIpc) is 3.40. The van der Waals surface area contributed by atoms with Crippen LogP contribution in [-0.4, -0.2) is 30.1 Å². The Hall–Kier alpha value is -2.71. The lowest BCUT2D eigenvalue weighted by molar-refractivity contribution is -0.137. The zero-order valence-corrected chi connectivity index (χ0v) is 14.5. The second-order valence-corrected chi connectivity index (χ2v) is 6.72. The molecule has 0 unspecified atom stereocenters. The van der Waals surface area contributed by atoms with E-state index in [1.807, 2.05) is 0 Å². The van der Waals surface area contributed by atoms with E-state index < -0.39 is 29.5 Å². The van der Waals surface area contributed by atoms with Gasteiger partial charge in [0.1, 0.15) is 11.8 Å².